The van der Waals surface area contributed by atoms with Crippen LogP contribution in [0, 0.1) is 5.82 Å². The first-order chi connectivity index (χ1) is 19.7. The van der Waals surface area contributed by atoms with Gasteiger partial charge < -0.3 is 19.4 Å². The average Bonchev–Trinajstić information content (AvgIpc) is 3.85. The molecule has 6 rings (SSSR count). The molecule has 2 aromatic carbocycles. The van der Waals surface area contributed by atoms with Gasteiger partial charge in [-0.05, 0) is 43.5 Å². The highest BCUT2D eigenvalue weighted by Gasteiger charge is 2.29. The van der Waals surface area contributed by atoms with Gasteiger partial charge in [-0.25, -0.2) is 14.4 Å². The molecule has 0 spiro atoms. The molecule has 1 saturated carbocycles. The van der Waals surface area contributed by atoms with Crippen molar-refractivity contribution in [3.63, 3.8) is 0 Å². The Labute approximate surface area is 235 Å². The summed E-state index contributed by atoms with van der Waals surface area (Å²) in [5.74, 6) is 2.27. The Kier molecular flexibility index (Phi) is 8.39. The van der Waals surface area contributed by atoms with Crippen molar-refractivity contribution in [3.05, 3.63) is 60.2 Å². The van der Waals surface area contributed by atoms with E-state index in [4.69, 9.17) is 14.7 Å². The molecule has 1 aromatic heterocycles. The number of ether oxygens (including phenoxy) is 1. The number of piperazine rings is 1. The van der Waals surface area contributed by atoms with Crippen molar-refractivity contribution < 1.29 is 13.9 Å². The van der Waals surface area contributed by atoms with E-state index in [0.29, 0.717) is 50.7 Å². The van der Waals surface area contributed by atoms with Crippen molar-refractivity contribution in [2.24, 2.45) is 0 Å². The van der Waals surface area contributed by atoms with Gasteiger partial charge in [0.05, 0.1) is 24.4 Å². The number of carbonyl (C=O) groups excluding carboxylic acids is 1. The molecule has 1 aliphatic carbocycles. The second kappa shape index (κ2) is 12.5. The number of benzene rings is 2. The van der Waals surface area contributed by atoms with Gasteiger partial charge >= 0.3 is 0 Å². The van der Waals surface area contributed by atoms with Crippen LogP contribution in [0.4, 0.5) is 15.9 Å². The average molecular weight is 547 g/mol. The molecule has 3 fully saturated rings. The Balaban J connectivity index is 1.14. The van der Waals surface area contributed by atoms with Gasteiger partial charge in [-0.3, -0.25) is 9.69 Å². The number of hydrogen-bond acceptors (Lipinski definition) is 7. The van der Waals surface area contributed by atoms with Crippen LogP contribution in [0.5, 0.6) is 0 Å². The summed E-state index contributed by atoms with van der Waals surface area (Å²) in [7, 11) is 0. The number of anilines is 2. The lowest BCUT2D eigenvalue weighted by Crippen LogP contribution is -2.49. The highest BCUT2D eigenvalue weighted by Crippen LogP contribution is 2.40. The van der Waals surface area contributed by atoms with Crippen LogP contribution in [0.2, 0.25) is 0 Å². The van der Waals surface area contributed by atoms with Gasteiger partial charge in [-0.2, -0.15) is 0 Å². The molecule has 9 heteroatoms. The SMILES string of the molecule is O=C(CCN(CCCN1CCOCC1)c1nc(C2CC2)nc2ccccc12)N1CCN(c2ccccc2F)CC1. The lowest BCUT2D eigenvalue weighted by Gasteiger charge is -2.36. The smallest absolute Gasteiger partial charge is 0.224 e. The summed E-state index contributed by atoms with van der Waals surface area (Å²) in [5, 5.41) is 1.05. The third kappa shape index (κ3) is 6.36. The number of rotatable bonds is 10. The molecule has 2 aliphatic heterocycles. The number of para-hydroxylation sites is 2. The van der Waals surface area contributed by atoms with Crippen LogP contribution >= 0.6 is 0 Å². The van der Waals surface area contributed by atoms with Crippen molar-refractivity contribution in [2.75, 3.05) is 81.9 Å². The number of morpholine rings is 1. The van der Waals surface area contributed by atoms with Crippen LogP contribution in [0.15, 0.2) is 48.5 Å². The first-order valence-corrected chi connectivity index (χ1v) is 14.7. The van der Waals surface area contributed by atoms with Crippen molar-refractivity contribution in [1.29, 1.82) is 0 Å². The van der Waals surface area contributed by atoms with Crippen molar-refractivity contribution >= 4 is 28.3 Å². The van der Waals surface area contributed by atoms with E-state index in [-0.39, 0.29) is 11.7 Å². The maximum Gasteiger partial charge on any atom is 0.224 e. The van der Waals surface area contributed by atoms with E-state index >= 15 is 0 Å². The molecule has 1 amide bonds. The minimum atomic E-state index is -0.211. The number of halogens is 1. The molecule has 40 heavy (non-hydrogen) atoms. The fourth-order valence-corrected chi connectivity index (χ4v) is 5.77. The first kappa shape index (κ1) is 26.9. The van der Waals surface area contributed by atoms with Crippen molar-refractivity contribution in [1.82, 2.24) is 19.8 Å². The fraction of sp³-hybridized carbons (Fsp3) is 0.516. The van der Waals surface area contributed by atoms with E-state index in [0.717, 1.165) is 81.2 Å². The summed E-state index contributed by atoms with van der Waals surface area (Å²) in [6.45, 7) is 8.46. The molecule has 2 saturated heterocycles. The lowest BCUT2D eigenvalue weighted by molar-refractivity contribution is -0.131. The summed E-state index contributed by atoms with van der Waals surface area (Å²) < 4.78 is 19.8. The molecule has 0 unspecified atom stereocenters. The number of carbonyl (C=O) groups is 1. The van der Waals surface area contributed by atoms with E-state index in [1.807, 2.05) is 34.1 Å². The molecule has 3 aromatic rings. The molecule has 0 atom stereocenters. The van der Waals surface area contributed by atoms with Gasteiger partial charge in [-0.1, -0.05) is 24.3 Å². The van der Waals surface area contributed by atoms with Crippen molar-refractivity contribution in [2.45, 2.75) is 31.6 Å². The largest absolute Gasteiger partial charge is 0.379 e. The Morgan fingerprint density at radius 3 is 2.45 bits per heavy atom. The highest BCUT2D eigenvalue weighted by atomic mass is 19.1. The second-order valence-corrected chi connectivity index (χ2v) is 11.1. The standard InChI is InChI=1S/C31H39FN6O2/c32-26-7-2-4-9-28(26)36-16-18-37(19-17-36)29(39)12-15-38(14-5-13-35-20-22-40-23-21-35)31-25-6-1-3-8-27(25)33-30(34-31)24-10-11-24/h1-4,6-9,24H,5,10-23H2. The van der Waals surface area contributed by atoms with E-state index in [2.05, 4.69) is 21.9 Å². The number of hydrogen-bond donors (Lipinski definition) is 0. The second-order valence-electron chi connectivity index (χ2n) is 11.1. The van der Waals surface area contributed by atoms with Crippen LogP contribution in [0.1, 0.15) is 37.4 Å². The first-order valence-electron chi connectivity index (χ1n) is 14.7. The Morgan fingerprint density at radius 1 is 0.925 bits per heavy atom. The zero-order chi connectivity index (χ0) is 27.3. The molecular formula is C31H39FN6O2. The Hall–Kier alpha value is -3.30. The van der Waals surface area contributed by atoms with Crippen LogP contribution in [-0.2, 0) is 9.53 Å². The molecule has 8 nitrogen and oxygen atoms in total. The number of nitrogens with zero attached hydrogens (tertiary/aromatic N) is 6. The Bertz CT molecular complexity index is 1300. The van der Waals surface area contributed by atoms with E-state index in [9.17, 15) is 9.18 Å². The topological polar surface area (TPSA) is 65.0 Å². The molecule has 3 heterocycles. The van der Waals surface area contributed by atoms with Crippen LogP contribution in [0.25, 0.3) is 10.9 Å². The summed E-state index contributed by atoms with van der Waals surface area (Å²) in [4.78, 5) is 32.0. The molecule has 0 radical (unpaired) electrons. The molecule has 3 aliphatic rings. The third-order valence-electron chi connectivity index (χ3n) is 8.27. The Morgan fingerprint density at radius 2 is 1.68 bits per heavy atom. The summed E-state index contributed by atoms with van der Waals surface area (Å²) in [6, 6.07) is 15.1. The van der Waals surface area contributed by atoms with Gasteiger partial charge in [0.15, 0.2) is 0 Å². The number of aromatic nitrogens is 2. The maximum absolute atomic E-state index is 14.3. The monoisotopic (exact) mass is 546 g/mol. The van der Waals surface area contributed by atoms with E-state index < -0.39 is 0 Å². The number of amides is 1. The maximum atomic E-state index is 14.3. The van der Waals surface area contributed by atoms with Crippen molar-refractivity contribution in [3.8, 4) is 0 Å². The summed E-state index contributed by atoms with van der Waals surface area (Å²) >= 11 is 0. The molecule has 0 bridgehead atoms. The predicted octanol–water partition coefficient (Wildman–Crippen LogP) is 3.91. The van der Waals surface area contributed by atoms with Gasteiger partial charge in [0, 0.05) is 76.6 Å². The third-order valence-corrected chi connectivity index (χ3v) is 8.27. The summed E-state index contributed by atoms with van der Waals surface area (Å²) in [5.41, 5.74) is 1.59. The lowest BCUT2D eigenvalue weighted by atomic mass is 10.2. The summed E-state index contributed by atoms with van der Waals surface area (Å²) in [6.07, 6.45) is 3.71. The molecule has 0 N–H and O–H groups in total. The highest BCUT2D eigenvalue weighted by molar-refractivity contribution is 5.90. The van der Waals surface area contributed by atoms with Gasteiger partial charge in [-0.15, -0.1) is 0 Å². The van der Waals surface area contributed by atoms with Gasteiger partial charge in [0.25, 0.3) is 0 Å². The minimum Gasteiger partial charge on any atom is -0.379 e. The van der Waals surface area contributed by atoms with Crippen LogP contribution in [0.3, 0.4) is 0 Å². The fourth-order valence-electron chi connectivity index (χ4n) is 5.77. The van der Waals surface area contributed by atoms with E-state index in [1.54, 1.807) is 6.07 Å². The van der Waals surface area contributed by atoms with Gasteiger partial charge in [0.1, 0.15) is 17.5 Å². The van der Waals surface area contributed by atoms with Crippen LogP contribution < -0.4 is 9.80 Å². The molecule has 212 valence electrons. The predicted molar refractivity (Wildman–Crippen MR) is 155 cm³/mol. The number of fused-ring (bicyclic) bond motifs is 1. The zero-order valence-electron chi connectivity index (χ0n) is 23.2. The van der Waals surface area contributed by atoms with Gasteiger partial charge in [0.2, 0.25) is 5.91 Å². The van der Waals surface area contributed by atoms with Crippen LogP contribution in [-0.4, -0.2) is 97.8 Å². The quantitative estimate of drug-likeness (QED) is 0.382. The normalized spacial score (nSPS) is 18.3. The minimum absolute atomic E-state index is 0.146. The zero-order valence-corrected chi connectivity index (χ0v) is 23.2. The molecular weight excluding hydrogens is 507 g/mol. The van der Waals surface area contributed by atoms with E-state index in [1.165, 1.54) is 6.07 Å².